The van der Waals surface area contributed by atoms with Crippen LogP contribution in [0.5, 0.6) is 0 Å². The van der Waals surface area contributed by atoms with Gasteiger partial charge in [0, 0.05) is 10.9 Å². The van der Waals surface area contributed by atoms with Crippen molar-refractivity contribution in [1.82, 2.24) is 4.37 Å². The lowest BCUT2D eigenvalue weighted by Gasteiger charge is -2.03. The van der Waals surface area contributed by atoms with E-state index in [1.807, 2.05) is 6.92 Å². The lowest BCUT2D eigenvalue weighted by Crippen LogP contribution is -2.29. The number of ketones is 1. The molecule has 1 atom stereocenters. The summed E-state index contributed by atoms with van der Waals surface area (Å²) in [6.45, 7) is 1.89. The molecule has 60 valence electrons. The van der Waals surface area contributed by atoms with Crippen LogP contribution in [0, 0.1) is 0 Å². The highest BCUT2D eigenvalue weighted by atomic mass is 32.1. The molecule has 1 aromatic rings. The largest absolute Gasteiger partial charge is 0.321 e. The number of Topliss-reactive ketones (excluding diaryl/α,β-unsaturated/α-hetero) is 1. The van der Waals surface area contributed by atoms with Crippen LogP contribution in [0.2, 0.25) is 0 Å². The van der Waals surface area contributed by atoms with Gasteiger partial charge in [-0.15, -0.1) is 0 Å². The molecular weight excluding hydrogens is 160 g/mol. The van der Waals surface area contributed by atoms with Crippen molar-refractivity contribution in [1.29, 1.82) is 0 Å². The molecule has 11 heavy (non-hydrogen) atoms. The molecule has 0 unspecified atom stereocenters. The van der Waals surface area contributed by atoms with Crippen molar-refractivity contribution >= 4 is 17.3 Å². The minimum atomic E-state index is -0.369. The monoisotopic (exact) mass is 170 g/mol. The van der Waals surface area contributed by atoms with Crippen LogP contribution in [-0.4, -0.2) is 16.2 Å². The molecule has 0 amide bonds. The standard InChI is InChI=1S/C7H10N2OS/c1-2-6(8)7(10)5-3-9-11-4-5/h3-4,6H,2,8H2,1H3/t6-/m0/s1. The van der Waals surface area contributed by atoms with Gasteiger partial charge in [0.1, 0.15) is 0 Å². The van der Waals surface area contributed by atoms with Gasteiger partial charge in [0.15, 0.2) is 5.78 Å². The minimum absolute atomic E-state index is 0.0127. The van der Waals surface area contributed by atoms with Gasteiger partial charge in [-0.2, -0.15) is 0 Å². The second kappa shape index (κ2) is 3.59. The first-order chi connectivity index (χ1) is 5.25. The fourth-order valence-electron chi connectivity index (χ4n) is 0.726. The maximum absolute atomic E-state index is 11.3. The number of aromatic nitrogens is 1. The molecule has 0 aromatic carbocycles. The first-order valence-corrected chi connectivity index (χ1v) is 4.28. The molecule has 0 aliphatic carbocycles. The van der Waals surface area contributed by atoms with Crippen LogP contribution in [0.4, 0.5) is 0 Å². The van der Waals surface area contributed by atoms with Crippen molar-refractivity contribution in [3.05, 3.63) is 17.1 Å². The number of nitrogens with two attached hydrogens (primary N) is 1. The first kappa shape index (κ1) is 8.36. The highest BCUT2D eigenvalue weighted by molar-refractivity contribution is 7.03. The SMILES string of the molecule is CC[C@H](N)C(=O)c1cnsc1. The van der Waals surface area contributed by atoms with E-state index in [1.54, 1.807) is 11.6 Å². The number of nitrogens with zero attached hydrogens (tertiary/aromatic N) is 1. The predicted octanol–water partition coefficient (Wildman–Crippen LogP) is 1.06. The molecule has 1 rings (SSSR count). The quantitative estimate of drug-likeness (QED) is 0.690. The Morgan fingerprint density at radius 2 is 2.64 bits per heavy atom. The number of rotatable bonds is 3. The van der Waals surface area contributed by atoms with Crippen LogP contribution >= 0.6 is 11.5 Å². The number of carbonyl (C=O) groups is 1. The molecule has 4 heteroatoms. The number of hydrogen-bond acceptors (Lipinski definition) is 4. The van der Waals surface area contributed by atoms with Crippen LogP contribution in [0.3, 0.4) is 0 Å². The first-order valence-electron chi connectivity index (χ1n) is 3.45. The summed E-state index contributed by atoms with van der Waals surface area (Å²) in [5.74, 6) is -0.0127. The van der Waals surface area contributed by atoms with E-state index >= 15 is 0 Å². The molecule has 0 aliphatic rings. The van der Waals surface area contributed by atoms with Gasteiger partial charge < -0.3 is 5.73 Å². The fraction of sp³-hybridized carbons (Fsp3) is 0.429. The summed E-state index contributed by atoms with van der Waals surface area (Å²) in [4.78, 5) is 11.3. The summed E-state index contributed by atoms with van der Waals surface area (Å²) in [6, 6.07) is -0.369. The molecule has 2 N–H and O–H groups in total. The highest BCUT2D eigenvalue weighted by Gasteiger charge is 2.13. The molecule has 0 fully saturated rings. The molecule has 0 radical (unpaired) electrons. The van der Waals surface area contributed by atoms with Gasteiger partial charge in [-0.25, -0.2) is 4.37 Å². The van der Waals surface area contributed by atoms with Crippen molar-refractivity contribution in [2.75, 3.05) is 0 Å². The van der Waals surface area contributed by atoms with Crippen molar-refractivity contribution in [2.45, 2.75) is 19.4 Å². The molecular formula is C7H10N2OS. The van der Waals surface area contributed by atoms with E-state index in [9.17, 15) is 4.79 Å². The van der Waals surface area contributed by atoms with E-state index in [1.165, 1.54) is 11.5 Å². The maximum atomic E-state index is 11.3. The summed E-state index contributed by atoms with van der Waals surface area (Å²) in [6.07, 6.45) is 2.23. The van der Waals surface area contributed by atoms with E-state index in [-0.39, 0.29) is 11.8 Å². The number of hydrogen-bond donors (Lipinski definition) is 1. The van der Waals surface area contributed by atoms with E-state index in [0.717, 1.165) is 0 Å². The molecule has 3 nitrogen and oxygen atoms in total. The third-order valence-electron chi connectivity index (χ3n) is 1.49. The molecule has 0 bridgehead atoms. The van der Waals surface area contributed by atoms with Gasteiger partial charge in [0.2, 0.25) is 0 Å². The Morgan fingerprint density at radius 3 is 3.09 bits per heavy atom. The van der Waals surface area contributed by atoms with Crippen molar-refractivity contribution in [3.63, 3.8) is 0 Å². The molecule has 0 saturated heterocycles. The fourth-order valence-corrected chi connectivity index (χ4v) is 1.25. The van der Waals surface area contributed by atoms with Gasteiger partial charge >= 0.3 is 0 Å². The zero-order valence-electron chi connectivity index (χ0n) is 6.28. The van der Waals surface area contributed by atoms with Crippen molar-refractivity contribution in [2.24, 2.45) is 5.73 Å². The van der Waals surface area contributed by atoms with Crippen LogP contribution in [-0.2, 0) is 0 Å². The average molecular weight is 170 g/mol. The maximum Gasteiger partial charge on any atom is 0.181 e. The Bertz CT molecular complexity index is 233. The summed E-state index contributed by atoms with van der Waals surface area (Å²) < 4.78 is 3.83. The van der Waals surface area contributed by atoms with Gasteiger partial charge in [0.25, 0.3) is 0 Å². The van der Waals surface area contributed by atoms with E-state index in [2.05, 4.69) is 4.37 Å². The Kier molecular flexibility index (Phi) is 2.73. The lowest BCUT2D eigenvalue weighted by molar-refractivity contribution is 0.0959. The Labute approximate surface area is 69.4 Å². The summed E-state index contributed by atoms with van der Waals surface area (Å²) in [7, 11) is 0. The van der Waals surface area contributed by atoms with Gasteiger partial charge in [-0.3, -0.25) is 4.79 Å². The van der Waals surface area contributed by atoms with Crippen LogP contribution in [0.15, 0.2) is 11.6 Å². The molecule has 0 saturated carbocycles. The highest BCUT2D eigenvalue weighted by Crippen LogP contribution is 2.05. The van der Waals surface area contributed by atoms with Gasteiger partial charge in [-0.1, -0.05) is 6.92 Å². The molecule has 0 aliphatic heterocycles. The average Bonchev–Trinajstić information content (AvgIpc) is 2.53. The van der Waals surface area contributed by atoms with Crippen LogP contribution in [0.1, 0.15) is 23.7 Å². The summed E-state index contributed by atoms with van der Waals surface area (Å²) >= 11 is 1.27. The van der Waals surface area contributed by atoms with Gasteiger partial charge in [-0.05, 0) is 18.0 Å². The van der Waals surface area contributed by atoms with Crippen LogP contribution < -0.4 is 5.73 Å². The van der Waals surface area contributed by atoms with E-state index in [4.69, 9.17) is 5.73 Å². The lowest BCUT2D eigenvalue weighted by atomic mass is 10.1. The van der Waals surface area contributed by atoms with Crippen LogP contribution in [0.25, 0.3) is 0 Å². The molecule has 0 spiro atoms. The smallest absolute Gasteiger partial charge is 0.181 e. The summed E-state index contributed by atoms with van der Waals surface area (Å²) in [5.41, 5.74) is 6.16. The third-order valence-corrected chi connectivity index (χ3v) is 2.08. The van der Waals surface area contributed by atoms with Crippen molar-refractivity contribution < 1.29 is 4.79 Å². The summed E-state index contributed by atoms with van der Waals surface area (Å²) in [5, 5.41) is 1.72. The van der Waals surface area contributed by atoms with Crippen molar-refractivity contribution in [3.8, 4) is 0 Å². The van der Waals surface area contributed by atoms with Gasteiger partial charge in [0.05, 0.1) is 12.2 Å². The predicted molar refractivity (Wildman–Crippen MR) is 44.7 cm³/mol. The Hall–Kier alpha value is -0.740. The molecule has 1 aromatic heterocycles. The molecule has 1 heterocycles. The Balaban J connectivity index is 2.70. The minimum Gasteiger partial charge on any atom is -0.321 e. The topological polar surface area (TPSA) is 56.0 Å². The number of carbonyl (C=O) groups excluding carboxylic acids is 1. The Morgan fingerprint density at radius 1 is 1.91 bits per heavy atom. The van der Waals surface area contributed by atoms with E-state index in [0.29, 0.717) is 12.0 Å². The zero-order chi connectivity index (χ0) is 8.27. The normalized spacial score (nSPS) is 12.9. The zero-order valence-corrected chi connectivity index (χ0v) is 7.10. The second-order valence-electron chi connectivity index (χ2n) is 2.29. The second-order valence-corrected chi connectivity index (χ2v) is 2.95. The van der Waals surface area contributed by atoms with E-state index < -0.39 is 0 Å². The third kappa shape index (κ3) is 1.85.